The first-order valence-electron chi connectivity index (χ1n) is 6.02. The van der Waals surface area contributed by atoms with Crippen LogP contribution in [-0.4, -0.2) is 26.8 Å². The van der Waals surface area contributed by atoms with Crippen LogP contribution in [0.2, 0.25) is 0 Å². The fourth-order valence-corrected chi connectivity index (χ4v) is 1.86. The molecule has 0 bridgehead atoms. The van der Waals surface area contributed by atoms with Gasteiger partial charge in [0, 0.05) is 11.8 Å². The van der Waals surface area contributed by atoms with E-state index in [1.54, 1.807) is 0 Å². The van der Waals surface area contributed by atoms with Crippen molar-refractivity contribution in [2.75, 3.05) is 0 Å². The van der Waals surface area contributed by atoms with Crippen molar-refractivity contribution >= 4 is 5.97 Å². The highest BCUT2D eigenvalue weighted by Crippen LogP contribution is 2.32. The molecule has 0 atom stereocenters. The Morgan fingerprint density at radius 1 is 1.09 bits per heavy atom. The lowest BCUT2D eigenvalue weighted by molar-refractivity contribution is -0.144. The standard InChI is InChI=1S/C13H8F6N2O2/c14-12(15,16)6-21-5-9(13(17,18)19)20-10(21)7-1-3-8(4-2-7)11(22)23/h1-5H,6H2,(H,22,23). The maximum Gasteiger partial charge on any atom is 0.434 e. The van der Waals surface area contributed by atoms with E-state index in [-0.39, 0.29) is 17.3 Å². The van der Waals surface area contributed by atoms with Crippen LogP contribution in [0, 0.1) is 0 Å². The number of nitrogens with zero attached hydrogens (tertiary/aromatic N) is 2. The lowest BCUT2D eigenvalue weighted by Gasteiger charge is -2.10. The number of alkyl halides is 6. The number of halogens is 6. The lowest BCUT2D eigenvalue weighted by Crippen LogP contribution is -2.18. The van der Waals surface area contributed by atoms with Gasteiger partial charge in [-0.3, -0.25) is 0 Å². The molecule has 0 aliphatic carbocycles. The molecule has 0 spiro atoms. The van der Waals surface area contributed by atoms with Crippen molar-refractivity contribution in [1.29, 1.82) is 0 Å². The molecule has 2 aromatic rings. The van der Waals surface area contributed by atoms with Crippen LogP contribution in [0.4, 0.5) is 26.3 Å². The van der Waals surface area contributed by atoms with Crippen LogP contribution >= 0.6 is 0 Å². The van der Waals surface area contributed by atoms with Crippen molar-refractivity contribution in [2.24, 2.45) is 0 Å². The van der Waals surface area contributed by atoms with E-state index >= 15 is 0 Å². The minimum atomic E-state index is -4.90. The fraction of sp³-hybridized carbons (Fsp3) is 0.231. The molecule has 0 fully saturated rings. The Kier molecular flexibility index (Phi) is 4.10. The molecule has 10 heteroatoms. The first kappa shape index (κ1) is 16.8. The third kappa shape index (κ3) is 4.02. The molecular weight excluding hydrogens is 330 g/mol. The van der Waals surface area contributed by atoms with E-state index in [0.717, 1.165) is 24.3 Å². The second kappa shape index (κ2) is 5.60. The van der Waals surface area contributed by atoms with Gasteiger partial charge in [-0.25, -0.2) is 9.78 Å². The third-order valence-electron chi connectivity index (χ3n) is 2.81. The summed E-state index contributed by atoms with van der Waals surface area (Å²) >= 11 is 0. The number of aromatic carboxylic acids is 1. The van der Waals surface area contributed by atoms with E-state index < -0.39 is 36.4 Å². The first-order chi connectivity index (χ1) is 10.5. The fourth-order valence-electron chi connectivity index (χ4n) is 1.86. The number of hydrogen-bond acceptors (Lipinski definition) is 2. The summed E-state index contributed by atoms with van der Waals surface area (Å²) in [4.78, 5) is 13.9. The average molecular weight is 338 g/mol. The SMILES string of the molecule is O=C(O)c1ccc(-c2nc(C(F)(F)F)cn2CC(F)(F)F)cc1. The van der Waals surface area contributed by atoms with Gasteiger partial charge in [-0.2, -0.15) is 26.3 Å². The molecular formula is C13H8F6N2O2. The number of carboxylic acid groups (broad SMARTS) is 1. The molecule has 1 aromatic carbocycles. The van der Waals surface area contributed by atoms with E-state index in [0.29, 0.717) is 4.57 Å². The van der Waals surface area contributed by atoms with E-state index in [9.17, 15) is 31.1 Å². The van der Waals surface area contributed by atoms with Crippen LogP contribution < -0.4 is 0 Å². The van der Waals surface area contributed by atoms with Crippen molar-refractivity contribution < 1.29 is 36.2 Å². The third-order valence-corrected chi connectivity index (χ3v) is 2.81. The highest BCUT2D eigenvalue weighted by molar-refractivity contribution is 5.88. The Balaban J connectivity index is 2.50. The largest absolute Gasteiger partial charge is 0.478 e. The van der Waals surface area contributed by atoms with E-state index in [1.807, 2.05) is 0 Å². The topological polar surface area (TPSA) is 55.1 Å². The molecule has 1 N–H and O–H groups in total. The number of carboxylic acids is 1. The molecule has 0 saturated carbocycles. The molecule has 4 nitrogen and oxygen atoms in total. The Bertz CT molecular complexity index is 716. The summed E-state index contributed by atoms with van der Waals surface area (Å²) in [6, 6.07) is 4.33. The summed E-state index contributed by atoms with van der Waals surface area (Å²) in [6.07, 6.45) is -9.36. The summed E-state index contributed by atoms with van der Waals surface area (Å²) in [7, 11) is 0. The molecule has 0 amide bonds. The summed E-state index contributed by atoms with van der Waals surface area (Å²) in [5.41, 5.74) is -1.67. The number of imidazole rings is 1. The minimum absolute atomic E-state index is 0.0604. The molecule has 1 heterocycles. The number of aromatic nitrogens is 2. The Hall–Kier alpha value is -2.52. The van der Waals surface area contributed by atoms with Crippen molar-refractivity contribution in [3.8, 4) is 11.4 Å². The van der Waals surface area contributed by atoms with E-state index in [2.05, 4.69) is 4.98 Å². The molecule has 0 aliphatic heterocycles. The van der Waals surface area contributed by atoms with E-state index in [4.69, 9.17) is 5.11 Å². The van der Waals surface area contributed by atoms with Gasteiger partial charge in [0.15, 0.2) is 5.69 Å². The predicted octanol–water partition coefficient (Wildman–Crippen LogP) is 3.83. The summed E-state index contributed by atoms with van der Waals surface area (Å²) in [5.74, 6) is -1.82. The van der Waals surface area contributed by atoms with Gasteiger partial charge in [0.2, 0.25) is 0 Å². The van der Waals surface area contributed by atoms with Crippen LogP contribution in [0.3, 0.4) is 0 Å². The number of carbonyl (C=O) groups is 1. The highest BCUT2D eigenvalue weighted by atomic mass is 19.4. The first-order valence-corrected chi connectivity index (χ1v) is 6.02. The zero-order valence-electron chi connectivity index (χ0n) is 11.1. The molecule has 2 rings (SSSR count). The zero-order valence-corrected chi connectivity index (χ0v) is 11.1. The normalized spacial score (nSPS) is 12.4. The van der Waals surface area contributed by atoms with Crippen LogP contribution in [0.1, 0.15) is 16.1 Å². The lowest BCUT2D eigenvalue weighted by atomic mass is 10.1. The van der Waals surface area contributed by atoms with Gasteiger partial charge in [0.05, 0.1) is 5.56 Å². The van der Waals surface area contributed by atoms with Crippen LogP contribution in [0.25, 0.3) is 11.4 Å². The van der Waals surface area contributed by atoms with Crippen molar-refractivity contribution in [2.45, 2.75) is 18.9 Å². The summed E-state index contributed by atoms with van der Waals surface area (Å²) < 4.78 is 75.8. The quantitative estimate of drug-likeness (QED) is 0.866. The molecule has 0 saturated heterocycles. The van der Waals surface area contributed by atoms with Gasteiger partial charge in [-0.15, -0.1) is 0 Å². The Morgan fingerprint density at radius 3 is 2.09 bits per heavy atom. The highest BCUT2D eigenvalue weighted by Gasteiger charge is 2.37. The Labute approximate surface area is 125 Å². The van der Waals surface area contributed by atoms with Crippen molar-refractivity contribution in [1.82, 2.24) is 9.55 Å². The van der Waals surface area contributed by atoms with Gasteiger partial charge in [-0.1, -0.05) is 12.1 Å². The number of benzene rings is 1. The molecule has 1 aromatic heterocycles. The maximum absolute atomic E-state index is 12.7. The minimum Gasteiger partial charge on any atom is -0.478 e. The van der Waals surface area contributed by atoms with Crippen LogP contribution in [0.15, 0.2) is 30.5 Å². The number of hydrogen-bond donors (Lipinski definition) is 1. The predicted molar refractivity (Wildman–Crippen MR) is 65.7 cm³/mol. The zero-order chi connectivity index (χ0) is 17.4. The Morgan fingerprint density at radius 2 is 1.65 bits per heavy atom. The van der Waals surface area contributed by atoms with Crippen molar-refractivity contribution in [3.05, 3.63) is 41.7 Å². The van der Waals surface area contributed by atoms with Gasteiger partial charge in [-0.05, 0) is 12.1 Å². The van der Waals surface area contributed by atoms with Crippen LogP contribution in [0.5, 0.6) is 0 Å². The molecule has 0 unspecified atom stereocenters. The second-order valence-electron chi connectivity index (χ2n) is 4.57. The number of rotatable bonds is 3. The van der Waals surface area contributed by atoms with Crippen LogP contribution in [-0.2, 0) is 12.7 Å². The van der Waals surface area contributed by atoms with E-state index in [1.165, 1.54) is 0 Å². The average Bonchev–Trinajstić information content (AvgIpc) is 2.80. The summed E-state index contributed by atoms with van der Waals surface area (Å²) in [5, 5.41) is 8.75. The summed E-state index contributed by atoms with van der Waals surface area (Å²) in [6.45, 7) is -1.65. The molecule has 0 aliphatic rings. The maximum atomic E-state index is 12.7. The molecule has 124 valence electrons. The second-order valence-corrected chi connectivity index (χ2v) is 4.57. The van der Waals surface area contributed by atoms with Crippen molar-refractivity contribution in [3.63, 3.8) is 0 Å². The molecule has 23 heavy (non-hydrogen) atoms. The smallest absolute Gasteiger partial charge is 0.434 e. The van der Waals surface area contributed by atoms with Gasteiger partial charge in [0.25, 0.3) is 0 Å². The van der Waals surface area contributed by atoms with Gasteiger partial charge >= 0.3 is 18.3 Å². The monoisotopic (exact) mass is 338 g/mol. The molecule has 0 radical (unpaired) electrons. The van der Waals surface area contributed by atoms with Gasteiger partial charge in [0.1, 0.15) is 12.4 Å². The van der Waals surface area contributed by atoms with Gasteiger partial charge < -0.3 is 9.67 Å².